The molecule has 0 bridgehead atoms. The minimum Gasteiger partial charge on any atom is -0.326 e. The van der Waals surface area contributed by atoms with Crippen LogP contribution in [0.2, 0.25) is 10.0 Å². The van der Waals surface area contributed by atoms with Gasteiger partial charge in [0.05, 0.1) is 11.2 Å². The van der Waals surface area contributed by atoms with Gasteiger partial charge in [-0.05, 0) is 36.4 Å². The van der Waals surface area contributed by atoms with Crippen molar-refractivity contribution < 1.29 is 9.59 Å². The second-order valence-corrected chi connectivity index (χ2v) is 7.49. The zero-order valence-electron chi connectivity index (χ0n) is 14.6. The lowest BCUT2D eigenvalue weighted by atomic mass is 9.95. The molecule has 0 fully saturated rings. The van der Waals surface area contributed by atoms with Gasteiger partial charge in [0, 0.05) is 27.3 Å². The standard InChI is InChI=1S/C19H19Cl2N3O2/c1-19(2,3)18(26)23-15-8-5-12(6-9-15)17(25)24-22-11-13-4-7-14(20)10-16(13)21/h4-11H,1-3H3,(H,23,26)(H,24,25). The lowest BCUT2D eigenvalue weighted by molar-refractivity contribution is -0.123. The predicted molar refractivity (Wildman–Crippen MR) is 106 cm³/mol. The highest BCUT2D eigenvalue weighted by atomic mass is 35.5. The van der Waals surface area contributed by atoms with Crippen molar-refractivity contribution in [1.29, 1.82) is 0 Å². The molecule has 2 amide bonds. The molecule has 0 heterocycles. The zero-order chi connectivity index (χ0) is 19.3. The Hall–Kier alpha value is -2.37. The molecule has 2 aromatic carbocycles. The highest BCUT2D eigenvalue weighted by molar-refractivity contribution is 6.36. The predicted octanol–water partition coefficient (Wildman–Crippen LogP) is 4.74. The Labute approximate surface area is 162 Å². The number of benzene rings is 2. The molecule has 0 aliphatic heterocycles. The summed E-state index contributed by atoms with van der Waals surface area (Å²) in [5.74, 6) is -0.473. The number of nitrogens with zero attached hydrogens (tertiary/aromatic N) is 1. The van der Waals surface area contributed by atoms with Crippen molar-refractivity contribution in [3.8, 4) is 0 Å². The fraction of sp³-hybridized carbons (Fsp3) is 0.211. The lowest BCUT2D eigenvalue weighted by Crippen LogP contribution is -2.27. The third-order valence-corrected chi connectivity index (χ3v) is 3.98. The minimum atomic E-state index is -0.492. The third kappa shape index (κ3) is 5.58. The molecule has 2 N–H and O–H groups in total. The zero-order valence-corrected chi connectivity index (χ0v) is 16.2. The van der Waals surface area contributed by atoms with Gasteiger partial charge in [0.25, 0.3) is 5.91 Å². The van der Waals surface area contributed by atoms with Gasteiger partial charge in [-0.1, -0.05) is 50.0 Å². The smallest absolute Gasteiger partial charge is 0.271 e. The number of amides is 2. The van der Waals surface area contributed by atoms with Gasteiger partial charge in [-0.15, -0.1) is 0 Å². The molecule has 0 saturated heterocycles. The maximum atomic E-state index is 12.1. The summed E-state index contributed by atoms with van der Waals surface area (Å²) in [4.78, 5) is 24.0. The van der Waals surface area contributed by atoms with Crippen LogP contribution in [-0.2, 0) is 4.79 Å². The summed E-state index contributed by atoms with van der Waals surface area (Å²) >= 11 is 11.9. The van der Waals surface area contributed by atoms with E-state index < -0.39 is 5.41 Å². The maximum absolute atomic E-state index is 12.1. The molecule has 0 aliphatic rings. The first kappa shape index (κ1) is 19.9. The first-order chi connectivity index (χ1) is 12.2. The number of hydrogen-bond acceptors (Lipinski definition) is 3. The molecule has 0 radical (unpaired) electrons. The molecule has 7 heteroatoms. The van der Waals surface area contributed by atoms with Crippen LogP contribution in [0.1, 0.15) is 36.7 Å². The first-order valence-corrected chi connectivity index (χ1v) is 8.62. The van der Waals surface area contributed by atoms with Gasteiger partial charge in [0.15, 0.2) is 0 Å². The molecule has 0 unspecified atom stereocenters. The Morgan fingerprint density at radius 1 is 1.04 bits per heavy atom. The van der Waals surface area contributed by atoms with E-state index in [0.29, 0.717) is 26.9 Å². The van der Waals surface area contributed by atoms with Crippen molar-refractivity contribution in [1.82, 2.24) is 5.43 Å². The average molecular weight is 392 g/mol. The van der Waals surface area contributed by atoms with E-state index >= 15 is 0 Å². The molecule has 26 heavy (non-hydrogen) atoms. The van der Waals surface area contributed by atoms with E-state index in [0.717, 1.165) is 0 Å². The minimum absolute atomic E-state index is 0.0980. The van der Waals surface area contributed by atoms with Gasteiger partial charge >= 0.3 is 0 Å². The summed E-state index contributed by atoms with van der Waals surface area (Å²) in [5, 5.41) is 7.65. The normalized spacial score (nSPS) is 11.4. The van der Waals surface area contributed by atoms with Gasteiger partial charge in [0.1, 0.15) is 0 Å². The summed E-state index contributed by atoms with van der Waals surface area (Å²) < 4.78 is 0. The summed E-state index contributed by atoms with van der Waals surface area (Å²) in [7, 11) is 0. The fourth-order valence-electron chi connectivity index (χ4n) is 1.85. The van der Waals surface area contributed by atoms with Crippen molar-refractivity contribution in [2.45, 2.75) is 20.8 Å². The van der Waals surface area contributed by atoms with Crippen molar-refractivity contribution in [2.24, 2.45) is 10.5 Å². The Kier molecular flexibility index (Phi) is 6.40. The van der Waals surface area contributed by atoms with Crippen LogP contribution in [0.25, 0.3) is 0 Å². The van der Waals surface area contributed by atoms with E-state index in [4.69, 9.17) is 23.2 Å². The highest BCUT2D eigenvalue weighted by Gasteiger charge is 2.21. The molecule has 0 aromatic heterocycles. The number of halogens is 2. The molecular formula is C19H19Cl2N3O2. The van der Waals surface area contributed by atoms with Crippen LogP contribution in [0.4, 0.5) is 5.69 Å². The molecule has 0 atom stereocenters. The first-order valence-electron chi connectivity index (χ1n) is 7.87. The lowest BCUT2D eigenvalue weighted by Gasteiger charge is -2.17. The van der Waals surface area contributed by atoms with E-state index in [9.17, 15) is 9.59 Å². The second-order valence-electron chi connectivity index (χ2n) is 6.65. The van der Waals surface area contributed by atoms with Crippen LogP contribution < -0.4 is 10.7 Å². The Morgan fingerprint density at radius 2 is 1.69 bits per heavy atom. The van der Waals surface area contributed by atoms with Crippen molar-refractivity contribution in [3.05, 3.63) is 63.6 Å². The summed E-state index contributed by atoms with van der Waals surface area (Å²) in [5.41, 5.74) is 3.61. The van der Waals surface area contributed by atoms with Crippen LogP contribution in [0.15, 0.2) is 47.6 Å². The van der Waals surface area contributed by atoms with Gasteiger partial charge in [-0.25, -0.2) is 5.43 Å². The number of hydrogen-bond donors (Lipinski definition) is 2. The average Bonchev–Trinajstić information content (AvgIpc) is 2.56. The fourth-order valence-corrected chi connectivity index (χ4v) is 2.31. The van der Waals surface area contributed by atoms with Crippen molar-refractivity contribution >= 4 is 46.9 Å². The summed E-state index contributed by atoms with van der Waals surface area (Å²) in [6, 6.07) is 11.5. The van der Waals surface area contributed by atoms with Crippen LogP contribution >= 0.6 is 23.2 Å². The van der Waals surface area contributed by atoms with E-state index in [-0.39, 0.29) is 11.8 Å². The van der Waals surface area contributed by atoms with E-state index in [1.54, 1.807) is 42.5 Å². The molecule has 2 rings (SSSR count). The van der Waals surface area contributed by atoms with Gasteiger partial charge in [0.2, 0.25) is 5.91 Å². The van der Waals surface area contributed by atoms with Crippen LogP contribution in [0.3, 0.4) is 0 Å². The third-order valence-electron chi connectivity index (χ3n) is 3.42. The van der Waals surface area contributed by atoms with Crippen molar-refractivity contribution in [2.75, 3.05) is 5.32 Å². The van der Waals surface area contributed by atoms with E-state index in [1.807, 2.05) is 20.8 Å². The molecule has 136 valence electrons. The van der Waals surface area contributed by atoms with E-state index in [2.05, 4.69) is 15.8 Å². The highest BCUT2D eigenvalue weighted by Crippen LogP contribution is 2.19. The topological polar surface area (TPSA) is 70.6 Å². The quantitative estimate of drug-likeness (QED) is 0.583. The molecule has 0 spiro atoms. The largest absolute Gasteiger partial charge is 0.326 e. The number of carbonyl (C=O) groups excluding carboxylic acids is 2. The summed E-state index contributed by atoms with van der Waals surface area (Å²) in [6.07, 6.45) is 1.44. The van der Waals surface area contributed by atoms with Crippen molar-refractivity contribution in [3.63, 3.8) is 0 Å². The van der Waals surface area contributed by atoms with Gasteiger partial charge < -0.3 is 5.32 Å². The second kappa shape index (κ2) is 8.34. The van der Waals surface area contributed by atoms with Crippen LogP contribution in [-0.4, -0.2) is 18.0 Å². The summed E-state index contributed by atoms with van der Waals surface area (Å²) in [6.45, 7) is 5.49. The Morgan fingerprint density at radius 3 is 2.27 bits per heavy atom. The monoisotopic (exact) mass is 391 g/mol. The number of rotatable bonds is 4. The van der Waals surface area contributed by atoms with Crippen LogP contribution in [0, 0.1) is 5.41 Å². The molecule has 0 saturated carbocycles. The Bertz CT molecular complexity index is 841. The molecule has 0 aliphatic carbocycles. The van der Waals surface area contributed by atoms with E-state index in [1.165, 1.54) is 6.21 Å². The van der Waals surface area contributed by atoms with Gasteiger partial charge in [-0.2, -0.15) is 5.10 Å². The maximum Gasteiger partial charge on any atom is 0.271 e. The number of hydrazone groups is 1. The van der Waals surface area contributed by atoms with Crippen LogP contribution in [0.5, 0.6) is 0 Å². The Balaban J connectivity index is 1.97. The molecule has 2 aromatic rings. The molecule has 5 nitrogen and oxygen atoms in total. The number of carbonyl (C=O) groups is 2. The number of anilines is 1. The SMILES string of the molecule is CC(C)(C)C(=O)Nc1ccc(C(=O)NN=Cc2ccc(Cl)cc2Cl)cc1. The number of nitrogens with one attached hydrogen (secondary N) is 2. The molecular weight excluding hydrogens is 373 g/mol. The van der Waals surface area contributed by atoms with Gasteiger partial charge in [-0.3, -0.25) is 9.59 Å².